The maximum atomic E-state index is 13.5. The molecule has 3 nitrogen and oxygen atoms in total. The van der Waals surface area contributed by atoms with Gasteiger partial charge in [-0.2, -0.15) is 0 Å². The van der Waals surface area contributed by atoms with Gasteiger partial charge in [0.25, 0.3) is 5.91 Å². The van der Waals surface area contributed by atoms with Crippen LogP contribution in [0.25, 0.3) is 0 Å². The van der Waals surface area contributed by atoms with Crippen LogP contribution in [0.2, 0.25) is 0 Å². The van der Waals surface area contributed by atoms with E-state index < -0.39 is 17.5 Å². The van der Waals surface area contributed by atoms with Gasteiger partial charge in [0, 0.05) is 19.7 Å². The second kappa shape index (κ2) is 6.95. The van der Waals surface area contributed by atoms with Crippen molar-refractivity contribution in [2.24, 2.45) is 0 Å². The Balaban J connectivity index is 2.07. The van der Waals surface area contributed by atoms with Crippen molar-refractivity contribution >= 4 is 5.91 Å². The zero-order chi connectivity index (χ0) is 15.2. The lowest BCUT2D eigenvalue weighted by molar-refractivity contribution is 0.0946. The number of carbonyl (C=O) groups excluding carboxylic acids is 1. The van der Waals surface area contributed by atoms with Crippen LogP contribution in [-0.2, 0) is 17.9 Å². The number of carbonyl (C=O) groups is 1. The van der Waals surface area contributed by atoms with Gasteiger partial charge in [-0.05, 0) is 23.3 Å². The van der Waals surface area contributed by atoms with E-state index in [1.54, 1.807) is 7.11 Å². The molecule has 0 aliphatic heterocycles. The van der Waals surface area contributed by atoms with Crippen molar-refractivity contribution < 1.29 is 18.3 Å². The molecule has 0 fully saturated rings. The van der Waals surface area contributed by atoms with Crippen LogP contribution in [0.15, 0.2) is 42.5 Å². The lowest BCUT2D eigenvalue weighted by Gasteiger charge is -2.10. The summed E-state index contributed by atoms with van der Waals surface area (Å²) in [5.74, 6) is -2.17. The van der Waals surface area contributed by atoms with Crippen molar-refractivity contribution in [3.8, 4) is 0 Å². The number of benzene rings is 2. The van der Waals surface area contributed by atoms with Crippen LogP contribution in [0.4, 0.5) is 8.78 Å². The largest absolute Gasteiger partial charge is 0.380 e. The number of amides is 1. The third-order valence-electron chi connectivity index (χ3n) is 3.03. The first-order valence-corrected chi connectivity index (χ1v) is 6.41. The van der Waals surface area contributed by atoms with Crippen molar-refractivity contribution in [3.05, 3.63) is 70.8 Å². The topological polar surface area (TPSA) is 38.3 Å². The molecule has 21 heavy (non-hydrogen) atoms. The molecule has 0 heterocycles. The van der Waals surface area contributed by atoms with Crippen LogP contribution in [0, 0.1) is 11.6 Å². The van der Waals surface area contributed by atoms with Crippen molar-refractivity contribution in [2.45, 2.75) is 13.2 Å². The number of methoxy groups -OCH3 is 1. The normalized spacial score (nSPS) is 10.4. The van der Waals surface area contributed by atoms with Crippen molar-refractivity contribution in [1.29, 1.82) is 0 Å². The Morgan fingerprint density at radius 2 is 1.86 bits per heavy atom. The van der Waals surface area contributed by atoms with Crippen LogP contribution < -0.4 is 5.32 Å². The predicted molar refractivity (Wildman–Crippen MR) is 74.7 cm³/mol. The summed E-state index contributed by atoms with van der Waals surface area (Å²) < 4.78 is 31.4. The van der Waals surface area contributed by atoms with Gasteiger partial charge in [0.15, 0.2) is 0 Å². The Labute approximate surface area is 121 Å². The highest BCUT2D eigenvalue weighted by atomic mass is 19.1. The van der Waals surface area contributed by atoms with Crippen molar-refractivity contribution in [3.63, 3.8) is 0 Å². The highest BCUT2D eigenvalue weighted by molar-refractivity contribution is 5.94. The van der Waals surface area contributed by atoms with Gasteiger partial charge in [-0.3, -0.25) is 4.79 Å². The third-order valence-corrected chi connectivity index (χ3v) is 3.03. The van der Waals surface area contributed by atoms with Crippen LogP contribution in [0.1, 0.15) is 21.5 Å². The molecule has 0 saturated heterocycles. The number of rotatable bonds is 5. The summed E-state index contributed by atoms with van der Waals surface area (Å²) in [5.41, 5.74) is 1.65. The zero-order valence-electron chi connectivity index (χ0n) is 11.5. The first-order valence-electron chi connectivity index (χ1n) is 6.41. The van der Waals surface area contributed by atoms with E-state index in [9.17, 15) is 13.6 Å². The maximum absolute atomic E-state index is 13.5. The van der Waals surface area contributed by atoms with Gasteiger partial charge in [0.05, 0.1) is 12.2 Å². The lowest BCUT2D eigenvalue weighted by atomic mass is 10.1. The summed E-state index contributed by atoms with van der Waals surface area (Å²) in [5, 5.41) is 2.62. The standard InChI is InChI=1S/C16H15F2NO2/c1-21-10-12-5-3-2-4-11(12)9-19-16(20)14-7-6-13(17)8-15(14)18/h2-8H,9-10H2,1H3,(H,19,20). The molecule has 0 aliphatic carbocycles. The quantitative estimate of drug-likeness (QED) is 0.919. The Bertz CT molecular complexity index is 644. The van der Waals surface area contributed by atoms with E-state index in [1.165, 1.54) is 0 Å². The minimum absolute atomic E-state index is 0.180. The average Bonchev–Trinajstić information content (AvgIpc) is 2.46. The molecule has 0 aliphatic rings. The molecule has 1 N–H and O–H groups in total. The molecule has 2 aromatic carbocycles. The van der Waals surface area contributed by atoms with E-state index >= 15 is 0 Å². The number of ether oxygens (including phenoxy) is 1. The molecular weight excluding hydrogens is 276 g/mol. The molecule has 0 aromatic heterocycles. The fraction of sp³-hybridized carbons (Fsp3) is 0.188. The van der Waals surface area contributed by atoms with Crippen LogP contribution in [0.3, 0.4) is 0 Å². The number of nitrogens with one attached hydrogen (secondary N) is 1. The van der Waals surface area contributed by atoms with E-state index in [0.29, 0.717) is 12.7 Å². The molecular formula is C16H15F2NO2. The van der Waals surface area contributed by atoms with Gasteiger partial charge in [-0.1, -0.05) is 24.3 Å². The minimum atomic E-state index is -0.877. The fourth-order valence-corrected chi connectivity index (χ4v) is 1.97. The predicted octanol–water partition coefficient (Wildman–Crippen LogP) is 3.04. The van der Waals surface area contributed by atoms with Crippen LogP contribution >= 0.6 is 0 Å². The molecule has 2 aromatic rings. The average molecular weight is 291 g/mol. The van der Waals surface area contributed by atoms with Crippen LogP contribution in [0.5, 0.6) is 0 Å². The van der Waals surface area contributed by atoms with E-state index in [2.05, 4.69) is 5.32 Å². The van der Waals surface area contributed by atoms with Gasteiger partial charge in [-0.25, -0.2) is 8.78 Å². The molecule has 1 amide bonds. The Hall–Kier alpha value is -2.27. The summed E-state index contributed by atoms with van der Waals surface area (Å²) in [6.07, 6.45) is 0. The highest BCUT2D eigenvalue weighted by Crippen LogP contribution is 2.12. The Morgan fingerprint density at radius 3 is 2.52 bits per heavy atom. The number of hydrogen-bond acceptors (Lipinski definition) is 2. The molecule has 5 heteroatoms. The first-order chi connectivity index (χ1) is 10.1. The molecule has 0 bridgehead atoms. The molecule has 0 radical (unpaired) electrons. The second-order valence-electron chi connectivity index (χ2n) is 4.51. The lowest BCUT2D eigenvalue weighted by Crippen LogP contribution is -2.24. The summed E-state index contributed by atoms with van der Waals surface area (Å²) >= 11 is 0. The molecule has 0 atom stereocenters. The molecule has 0 spiro atoms. The summed E-state index contributed by atoms with van der Waals surface area (Å²) in [7, 11) is 1.59. The summed E-state index contributed by atoms with van der Waals surface area (Å²) in [6.45, 7) is 0.673. The fourth-order valence-electron chi connectivity index (χ4n) is 1.97. The molecule has 110 valence electrons. The zero-order valence-corrected chi connectivity index (χ0v) is 11.5. The van der Waals surface area contributed by atoms with Gasteiger partial charge >= 0.3 is 0 Å². The monoisotopic (exact) mass is 291 g/mol. The van der Waals surface area contributed by atoms with Gasteiger partial charge in [-0.15, -0.1) is 0 Å². The van der Waals surface area contributed by atoms with Crippen molar-refractivity contribution in [2.75, 3.05) is 7.11 Å². The summed E-state index contributed by atoms with van der Waals surface area (Å²) in [4.78, 5) is 11.9. The maximum Gasteiger partial charge on any atom is 0.254 e. The SMILES string of the molecule is COCc1ccccc1CNC(=O)c1ccc(F)cc1F. The Kier molecular flexibility index (Phi) is 5.00. The van der Waals surface area contributed by atoms with E-state index in [4.69, 9.17) is 4.74 Å². The smallest absolute Gasteiger partial charge is 0.254 e. The first kappa shape index (κ1) is 15.1. The Morgan fingerprint density at radius 1 is 1.14 bits per heavy atom. The van der Waals surface area contributed by atoms with Crippen LogP contribution in [-0.4, -0.2) is 13.0 Å². The van der Waals surface area contributed by atoms with Gasteiger partial charge in [0.2, 0.25) is 0 Å². The minimum Gasteiger partial charge on any atom is -0.380 e. The second-order valence-corrected chi connectivity index (χ2v) is 4.51. The third kappa shape index (κ3) is 3.86. The molecule has 2 rings (SSSR count). The van der Waals surface area contributed by atoms with Gasteiger partial charge < -0.3 is 10.1 Å². The van der Waals surface area contributed by atoms with Gasteiger partial charge in [0.1, 0.15) is 11.6 Å². The summed E-state index contributed by atoms with van der Waals surface area (Å²) in [6, 6.07) is 10.3. The number of halogens is 2. The number of hydrogen-bond donors (Lipinski definition) is 1. The van der Waals surface area contributed by atoms with Crippen molar-refractivity contribution in [1.82, 2.24) is 5.32 Å². The van der Waals surface area contributed by atoms with E-state index in [0.717, 1.165) is 23.3 Å². The molecule has 0 unspecified atom stereocenters. The molecule has 0 saturated carbocycles. The highest BCUT2D eigenvalue weighted by Gasteiger charge is 2.12. The van der Waals surface area contributed by atoms with E-state index in [1.807, 2.05) is 24.3 Å². The van der Waals surface area contributed by atoms with E-state index in [-0.39, 0.29) is 12.1 Å².